The van der Waals surface area contributed by atoms with Gasteiger partial charge in [-0.25, -0.2) is 0 Å². The predicted octanol–water partition coefficient (Wildman–Crippen LogP) is 3.73. The molecule has 7 nitrogen and oxygen atoms in total. The number of benzene rings is 2. The zero-order chi connectivity index (χ0) is 23.6. The van der Waals surface area contributed by atoms with Gasteiger partial charge in [0.2, 0.25) is 0 Å². The molecule has 0 bridgehead atoms. The van der Waals surface area contributed by atoms with E-state index in [0.717, 1.165) is 37.2 Å². The van der Waals surface area contributed by atoms with Crippen molar-refractivity contribution in [3.8, 4) is 11.5 Å². The van der Waals surface area contributed by atoms with Crippen LogP contribution in [0.2, 0.25) is 0 Å². The first kappa shape index (κ1) is 24.6. The number of carboxylic acids is 1. The smallest absolute Gasteiger partial charge is 0.306 e. The molecule has 1 N–H and O–H groups in total. The zero-order valence-corrected chi connectivity index (χ0v) is 19.4. The van der Waals surface area contributed by atoms with Crippen molar-refractivity contribution in [3.63, 3.8) is 0 Å². The summed E-state index contributed by atoms with van der Waals surface area (Å²) in [6.07, 6.45) is 2.85. The summed E-state index contributed by atoms with van der Waals surface area (Å²) in [5.41, 5.74) is 2.39. The van der Waals surface area contributed by atoms with E-state index in [9.17, 15) is 9.59 Å². The minimum atomic E-state index is -0.991. The number of carbonyl (C=O) groups is 2. The van der Waals surface area contributed by atoms with Crippen molar-refractivity contribution in [2.24, 2.45) is 0 Å². The van der Waals surface area contributed by atoms with Gasteiger partial charge in [-0.1, -0.05) is 30.3 Å². The highest BCUT2D eigenvalue weighted by atomic mass is 16.5. The third-order valence-corrected chi connectivity index (χ3v) is 5.99. The second-order valence-electron chi connectivity index (χ2n) is 8.43. The number of carbonyl (C=O) groups excluding carboxylic acids is 1. The lowest BCUT2D eigenvalue weighted by molar-refractivity contribution is -0.151. The van der Waals surface area contributed by atoms with Crippen molar-refractivity contribution in [2.75, 3.05) is 27.3 Å². The minimum Gasteiger partial charge on any atom is -0.497 e. The lowest BCUT2D eigenvalue weighted by Gasteiger charge is -2.19. The first-order valence-corrected chi connectivity index (χ1v) is 11.4. The molecule has 1 aliphatic heterocycles. The molecule has 0 spiro atoms. The van der Waals surface area contributed by atoms with E-state index in [1.54, 1.807) is 7.11 Å². The number of hydrogen-bond acceptors (Lipinski definition) is 6. The monoisotopic (exact) mass is 455 g/mol. The molecule has 0 unspecified atom stereocenters. The average molecular weight is 456 g/mol. The highest BCUT2D eigenvalue weighted by Crippen LogP contribution is 2.24. The SMILES string of the molecule is COc1cccc(CCc2ccccc2OCC[C@@H]2C[C@@H](OC(=O)CCC(=O)O)CN2C)c1. The molecule has 1 heterocycles. The molecule has 2 aromatic carbocycles. The van der Waals surface area contributed by atoms with Crippen LogP contribution in [0.4, 0.5) is 0 Å². The molecule has 2 atom stereocenters. The number of likely N-dealkylation sites (tertiary alicyclic amines) is 1. The van der Waals surface area contributed by atoms with Crippen molar-refractivity contribution >= 4 is 11.9 Å². The van der Waals surface area contributed by atoms with E-state index in [2.05, 4.69) is 23.1 Å². The molecule has 0 aromatic heterocycles. The van der Waals surface area contributed by atoms with Crippen LogP contribution in [0.15, 0.2) is 48.5 Å². The number of methoxy groups -OCH3 is 1. The summed E-state index contributed by atoms with van der Waals surface area (Å²) in [5, 5.41) is 8.70. The molecule has 0 saturated carbocycles. The van der Waals surface area contributed by atoms with Crippen molar-refractivity contribution in [1.82, 2.24) is 4.90 Å². The molecule has 33 heavy (non-hydrogen) atoms. The lowest BCUT2D eigenvalue weighted by atomic mass is 10.0. The number of nitrogens with zero attached hydrogens (tertiary/aromatic N) is 1. The topological polar surface area (TPSA) is 85.3 Å². The van der Waals surface area contributed by atoms with Gasteiger partial charge in [0.1, 0.15) is 17.6 Å². The lowest BCUT2D eigenvalue weighted by Crippen LogP contribution is -2.27. The number of rotatable bonds is 12. The first-order valence-electron chi connectivity index (χ1n) is 11.4. The van der Waals surface area contributed by atoms with E-state index in [1.165, 1.54) is 11.1 Å². The maximum Gasteiger partial charge on any atom is 0.306 e. The highest BCUT2D eigenvalue weighted by molar-refractivity contribution is 5.76. The van der Waals surface area contributed by atoms with Crippen LogP contribution >= 0.6 is 0 Å². The van der Waals surface area contributed by atoms with Crippen molar-refractivity contribution in [1.29, 1.82) is 0 Å². The third-order valence-electron chi connectivity index (χ3n) is 5.99. The summed E-state index contributed by atoms with van der Waals surface area (Å²) in [6.45, 7) is 1.23. The molecule has 1 aliphatic rings. The van der Waals surface area contributed by atoms with Crippen LogP contribution in [0.5, 0.6) is 11.5 Å². The number of aryl methyl sites for hydroxylation is 2. The van der Waals surface area contributed by atoms with Gasteiger partial charge >= 0.3 is 11.9 Å². The van der Waals surface area contributed by atoms with Gasteiger partial charge < -0.3 is 19.3 Å². The van der Waals surface area contributed by atoms with E-state index in [4.69, 9.17) is 19.3 Å². The van der Waals surface area contributed by atoms with Crippen LogP contribution in [-0.4, -0.2) is 61.4 Å². The van der Waals surface area contributed by atoms with Crippen LogP contribution in [0.25, 0.3) is 0 Å². The van der Waals surface area contributed by atoms with Gasteiger partial charge in [0.05, 0.1) is 26.6 Å². The summed E-state index contributed by atoms with van der Waals surface area (Å²) < 4.78 is 16.9. The number of carboxylic acid groups (broad SMARTS) is 1. The highest BCUT2D eigenvalue weighted by Gasteiger charge is 2.31. The van der Waals surface area contributed by atoms with Gasteiger partial charge in [0, 0.05) is 19.0 Å². The second kappa shape index (κ2) is 12.3. The van der Waals surface area contributed by atoms with Gasteiger partial charge in [-0.2, -0.15) is 0 Å². The Morgan fingerprint density at radius 2 is 1.91 bits per heavy atom. The Kier molecular flexibility index (Phi) is 9.13. The van der Waals surface area contributed by atoms with Gasteiger partial charge in [-0.15, -0.1) is 0 Å². The Labute approximate surface area is 195 Å². The fourth-order valence-corrected chi connectivity index (χ4v) is 4.17. The number of likely N-dealkylation sites (N-methyl/N-ethyl adjacent to an activating group) is 1. The maximum absolute atomic E-state index is 11.8. The van der Waals surface area contributed by atoms with E-state index < -0.39 is 11.9 Å². The molecular formula is C26H33NO6. The molecule has 3 rings (SSSR count). The standard InChI is InChI=1S/C26H33NO6/c1-27-18-23(33-26(30)13-12-25(28)29)17-21(27)14-15-32-24-9-4-3-7-20(24)11-10-19-6-5-8-22(16-19)31-2/h3-9,16,21,23H,10-15,17-18H2,1-2H3,(H,28,29)/t21-,23-/m1/s1. The predicted molar refractivity (Wildman–Crippen MR) is 125 cm³/mol. The van der Waals surface area contributed by atoms with E-state index in [-0.39, 0.29) is 25.0 Å². The van der Waals surface area contributed by atoms with Crippen molar-refractivity contribution < 1.29 is 28.9 Å². The van der Waals surface area contributed by atoms with E-state index in [1.807, 2.05) is 37.4 Å². The van der Waals surface area contributed by atoms with Crippen LogP contribution in [0, 0.1) is 0 Å². The summed E-state index contributed by atoms with van der Waals surface area (Å²) in [4.78, 5) is 24.6. The molecule has 1 saturated heterocycles. The molecule has 0 amide bonds. The van der Waals surface area contributed by atoms with E-state index >= 15 is 0 Å². The molecular weight excluding hydrogens is 422 g/mol. The fourth-order valence-electron chi connectivity index (χ4n) is 4.17. The summed E-state index contributed by atoms with van der Waals surface area (Å²) in [6, 6.07) is 16.5. The van der Waals surface area contributed by atoms with Gasteiger partial charge in [-0.05, 0) is 55.6 Å². The van der Waals surface area contributed by atoms with Gasteiger partial charge in [0.25, 0.3) is 0 Å². The normalized spacial score (nSPS) is 18.1. The number of para-hydroxylation sites is 1. The minimum absolute atomic E-state index is 0.0874. The summed E-state index contributed by atoms with van der Waals surface area (Å²) in [5.74, 6) is 0.327. The van der Waals surface area contributed by atoms with Crippen LogP contribution in [0.3, 0.4) is 0 Å². The molecule has 0 radical (unpaired) electrons. The van der Waals surface area contributed by atoms with Gasteiger partial charge in [-0.3, -0.25) is 14.5 Å². The van der Waals surface area contributed by atoms with Gasteiger partial charge in [0.15, 0.2) is 0 Å². The molecule has 7 heteroatoms. The molecule has 178 valence electrons. The fraction of sp³-hybridized carbons (Fsp3) is 0.462. The van der Waals surface area contributed by atoms with Crippen LogP contribution in [0.1, 0.15) is 36.8 Å². The Bertz CT molecular complexity index is 931. The van der Waals surface area contributed by atoms with Crippen LogP contribution < -0.4 is 9.47 Å². The Morgan fingerprint density at radius 1 is 1.09 bits per heavy atom. The van der Waals surface area contributed by atoms with Crippen molar-refractivity contribution in [3.05, 3.63) is 59.7 Å². The van der Waals surface area contributed by atoms with Crippen LogP contribution in [-0.2, 0) is 27.2 Å². The Morgan fingerprint density at radius 3 is 2.70 bits per heavy atom. The summed E-state index contributed by atoms with van der Waals surface area (Å²) in [7, 11) is 3.69. The largest absolute Gasteiger partial charge is 0.497 e. The number of esters is 1. The number of ether oxygens (including phenoxy) is 3. The molecule has 1 fully saturated rings. The third kappa shape index (κ3) is 7.79. The Hall–Kier alpha value is -3.06. The summed E-state index contributed by atoms with van der Waals surface area (Å²) >= 11 is 0. The van der Waals surface area contributed by atoms with E-state index in [0.29, 0.717) is 13.2 Å². The maximum atomic E-state index is 11.8. The number of hydrogen-bond donors (Lipinski definition) is 1. The quantitative estimate of drug-likeness (QED) is 0.488. The Balaban J connectivity index is 1.45. The average Bonchev–Trinajstić information content (AvgIpc) is 3.15. The molecule has 0 aliphatic carbocycles. The first-order chi connectivity index (χ1) is 15.9. The molecule has 2 aromatic rings. The zero-order valence-electron chi connectivity index (χ0n) is 19.4. The number of aliphatic carboxylic acids is 1. The van der Waals surface area contributed by atoms with Crippen molar-refractivity contribution in [2.45, 2.75) is 50.7 Å². The second-order valence-corrected chi connectivity index (χ2v) is 8.43.